The van der Waals surface area contributed by atoms with Gasteiger partial charge in [0.1, 0.15) is 6.04 Å². The SMILES string of the molecule is C=CCN(CCCCC)C(=O)C1N([C@@H](CC)CO)C(=O)[C@@H]2[C@H](C(=O)OCC)[C@@H]3CCC12S3. The molecule has 0 aromatic heterocycles. The van der Waals surface area contributed by atoms with Gasteiger partial charge in [-0.1, -0.05) is 32.8 Å². The summed E-state index contributed by atoms with van der Waals surface area (Å²) in [7, 11) is 0. The van der Waals surface area contributed by atoms with Crippen molar-refractivity contribution in [3.8, 4) is 0 Å². The summed E-state index contributed by atoms with van der Waals surface area (Å²) in [5.74, 6) is -1.68. The summed E-state index contributed by atoms with van der Waals surface area (Å²) in [4.78, 5) is 44.1. The Hall–Kier alpha value is -1.54. The lowest BCUT2D eigenvalue weighted by atomic mass is 9.71. The van der Waals surface area contributed by atoms with E-state index in [0.29, 0.717) is 19.5 Å². The van der Waals surface area contributed by atoms with Crippen molar-refractivity contribution >= 4 is 29.5 Å². The maximum absolute atomic E-state index is 14.0. The zero-order valence-electron chi connectivity index (χ0n) is 19.6. The fourth-order valence-electron chi connectivity index (χ4n) is 5.86. The van der Waals surface area contributed by atoms with Crippen LogP contribution in [0, 0.1) is 11.8 Å². The highest BCUT2D eigenvalue weighted by Crippen LogP contribution is 2.67. The van der Waals surface area contributed by atoms with E-state index in [9.17, 15) is 19.5 Å². The second-order valence-electron chi connectivity index (χ2n) is 9.08. The molecule has 0 radical (unpaired) electrons. The summed E-state index contributed by atoms with van der Waals surface area (Å²) in [6, 6.07) is -1.12. The third kappa shape index (κ3) is 4.09. The van der Waals surface area contributed by atoms with Crippen molar-refractivity contribution in [2.45, 2.75) is 81.4 Å². The number of likely N-dealkylation sites (tertiary alicyclic amines) is 1. The minimum Gasteiger partial charge on any atom is -0.466 e. The van der Waals surface area contributed by atoms with Crippen LogP contribution in [0.25, 0.3) is 0 Å². The van der Waals surface area contributed by atoms with Gasteiger partial charge in [0.05, 0.1) is 35.8 Å². The van der Waals surface area contributed by atoms with E-state index in [-0.39, 0.29) is 36.2 Å². The van der Waals surface area contributed by atoms with Gasteiger partial charge in [-0.2, -0.15) is 0 Å². The van der Waals surface area contributed by atoms with Crippen LogP contribution in [0.5, 0.6) is 0 Å². The first-order valence-electron chi connectivity index (χ1n) is 12.1. The Bertz CT molecular complexity index is 727. The average molecular weight is 467 g/mol. The van der Waals surface area contributed by atoms with Gasteiger partial charge in [0.25, 0.3) is 0 Å². The lowest BCUT2D eigenvalue weighted by Gasteiger charge is -2.39. The van der Waals surface area contributed by atoms with Gasteiger partial charge in [-0.3, -0.25) is 14.4 Å². The first-order valence-corrected chi connectivity index (χ1v) is 13.0. The Morgan fingerprint density at radius 1 is 1.38 bits per heavy atom. The van der Waals surface area contributed by atoms with Crippen LogP contribution >= 0.6 is 11.8 Å². The van der Waals surface area contributed by atoms with E-state index in [4.69, 9.17) is 4.74 Å². The number of unbranched alkanes of at least 4 members (excludes halogenated alkanes) is 2. The zero-order chi connectivity index (χ0) is 23.5. The molecule has 3 heterocycles. The number of rotatable bonds is 12. The van der Waals surface area contributed by atoms with Crippen LogP contribution in [0.15, 0.2) is 12.7 Å². The number of carbonyl (C=O) groups excluding carboxylic acids is 3. The smallest absolute Gasteiger partial charge is 0.310 e. The molecule has 7 nitrogen and oxygen atoms in total. The fraction of sp³-hybridized carbons (Fsp3) is 0.792. The number of aliphatic hydroxyl groups is 1. The molecule has 3 saturated heterocycles. The fourth-order valence-corrected chi connectivity index (χ4v) is 8.04. The van der Waals surface area contributed by atoms with Crippen molar-refractivity contribution in [2.24, 2.45) is 11.8 Å². The standard InChI is InChI=1S/C24H38N2O5S/c1-5-9-10-14-25(13-6-2)22(29)20-24-12-11-17(32-24)18(23(30)31-8-4)19(24)21(28)26(20)16(7-3)15-27/h6,16-20,27H,2,5,7-15H2,1,3-4H3/t16-,17-,18+,19-,20?,24?/m0/s1. The van der Waals surface area contributed by atoms with Crippen molar-refractivity contribution in [1.29, 1.82) is 0 Å². The number of fused-ring (bicyclic) bond motifs is 1. The van der Waals surface area contributed by atoms with Crippen molar-refractivity contribution < 1.29 is 24.2 Å². The second-order valence-corrected chi connectivity index (χ2v) is 10.7. The molecular weight excluding hydrogens is 428 g/mol. The molecule has 0 aliphatic carbocycles. The van der Waals surface area contributed by atoms with Gasteiger partial charge < -0.3 is 19.6 Å². The van der Waals surface area contributed by atoms with E-state index < -0.39 is 28.7 Å². The predicted molar refractivity (Wildman–Crippen MR) is 125 cm³/mol. The molecule has 0 aromatic rings. The number of nitrogens with zero attached hydrogens (tertiary/aromatic N) is 2. The summed E-state index contributed by atoms with van der Waals surface area (Å²) in [6.45, 7) is 10.7. The van der Waals surface area contributed by atoms with Gasteiger partial charge in [0, 0.05) is 18.3 Å². The Morgan fingerprint density at radius 3 is 2.72 bits per heavy atom. The number of hydrogen-bond acceptors (Lipinski definition) is 6. The molecule has 2 bridgehead atoms. The number of hydrogen-bond donors (Lipinski definition) is 1. The minimum atomic E-state index is -0.673. The quantitative estimate of drug-likeness (QED) is 0.270. The molecule has 1 spiro atoms. The third-order valence-corrected chi connectivity index (χ3v) is 9.25. The Balaban J connectivity index is 2.01. The van der Waals surface area contributed by atoms with Gasteiger partial charge in [0.2, 0.25) is 11.8 Å². The van der Waals surface area contributed by atoms with Gasteiger partial charge in [-0.05, 0) is 32.6 Å². The minimum absolute atomic E-state index is 0.00241. The number of ether oxygens (including phenoxy) is 1. The molecule has 8 heteroatoms. The van der Waals surface area contributed by atoms with Gasteiger partial charge in [-0.25, -0.2) is 0 Å². The van der Waals surface area contributed by atoms with Crippen LogP contribution in [0.2, 0.25) is 0 Å². The molecule has 2 amide bonds. The van der Waals surface area contributed by atoms with E-state index in [1.165, 1.54) is 0 Å². The molecule has 0 aromatic carbocycles. The molecule has 3 fully saturated rings. The number of carbonyl (C=O) groups is 3. The molecule has 180 valence electrons. The average Bonchev–Trinajstić information content (AvgIpc) is 3.42. The maximum atomic E-state index is 14.0. The first-order chi connectivity index (χ1) is 15.4. The highest BCUT2D eigenvalue weighted by atomic mass is 32.2. The van der Waals surface area contributed by atoms with Gasteiger partial charge in [0.15, 0.2) is 0 Å². The number of thioether (sulfide) groups is 1. The van der Waals surface area contributed by atoms with Crippen molar-refractivity contribution in [2.75, 3.05) is 26.3 Å². The van der Waals surface area contributed by atoms with Crippen LogP contribution in [-0.2, 0) is 19.1 Å². The lowest BCUT2D eigenvalue weighted by Crippen LogP contribution is -2.57. The van der Waals surface area contributed by atoms with Gasteiger partial charge in [-0.15, -0.1) is 18.3 Å². The monoisotopic (exact) mass is 466 g/mol. The van der Waals surface area contributed by atoms with E-state index >= 15 is 0 Å². The Labute approximate surface area is 195 Å². The summed E-state index contributed by atoms with van der Waals surface area (Å²) >= 11 is 1.64. The second kappa shape index (κ2) is 10.6. The van der Waals surface area contributed by atoms with Crippen LogP contribution in [0.4, 0.5) is 0 Å². The van der Waals surface area contributed by atoms with E-state index in [0.717, 1.165) is 32.1 Å². The van der Waals surface area contributed by atoms with Crippen molar-refractivity contribution in [3.63, 3.8) is 0 Å². The van der Waals surface area contributed by atoms with E-state index in [1.54, 1.807) is 34.6 Å². The lowest BCUT2D eigenvalue weighted by molar-refractivity contribution is -0.154. The summed E-state index contributed by atoms with van der Waals surface area (Å²) < 4.78 is 4.71. The topological polar surface area (TPSA) is 87.2 Å². The van der Waals surface area contributed by atoms with Crippen LogP contribution in [0.3, 0.4) is 0 Å². The zero-order valence-corrected chi connectivity index (χ0v) is 20.4. The van der Waals surface area contributed by atoms with Gasteiger partial charge >= 0.3 is 5.97 Å². The Kier molecular flexibility index (Phi) is 8.31. The maximum Gasteiger partial charge on any atom is 0.310 e. The molecule has 3 rings (SSSR count). The largest absolute Gasteiger partial charge is 0.466 e. The van der Waals surface area contributed by atoms with Crippen molar-refractivity contribution in [3.05, 3.63) is 12.7 Å². The predicted octanol–water partition coefficient (Wildman–Crippen LogP) is 2.62. The molecule has 0 saturated carbocycles. The molecule has 3 aliphatic rings. The normalized spacial score (nSPS) is 31.5. The molecule has 6 atom stereocenters. The first kappa shape index (κ1) is 25.1. The molecular formula is C24H38N2O5S. The number of esters is 1. The third-order valence-electron chi connectivity index (χ3n) is 7.30. The highest BCUT2D eigenvalue weighted by molar-refractivity contribution is 8.02. The molecule has 32 heavy (non-hydrogen) atoms. The van der Waals surface area contributed by atoms with Crippen molar-refractivity contribution in [1.82, 2.24) is 9.80 Å². The van der Waals surface area contributed by atoms with E-state index in [1.807, 2.05) is 6.92 Å². The van der Waals surface area contributed by atoms with Crippen LogP contribution < -0.4 is 0 Å². The Morgan fingerprint density at radius 2 is 2.12 bits per heavy atom. The summed E-state index contributed by atoms with van der Waals surface area (Å²) in [5, 5.41) is 10.1. The molecule has 1 N–H and O–H groups in total. The van der Waals surface area contributed by atoms with Crippen LogP contribution in [0.1, 0.15) is 59.3 Å². The van der Waals surface area contributed by atoms with E-state index in [2.05, 4.69) is 13.5 Å². The molecule has 3 aliphatic heterocycles. The summed E-state index contributed by atoms with van der Waals surface area (Å²) in [5.41, 5.74) is 0. The van der Waals surface area contributed by atoms with Crippen LogP contribution in [-0.4, -0.2) is 81.1 Å². The number of aliphatic hydroxyl groups excluding tert-OH is 1. The highest BCUT2D eigenvalue weighted by Gasteiger charge is 2.74. The molecule has 2 unspecified atom stereocenters. The number of amides is 2. The summed E-state index contributed by atoms with van der Waals surface area (Å²) in [6.07, 6.45) is 6.76.